The molecule has 0 amide bonds. The van der Waals surface area contributed by atoms with Gasteiger partial charge in [-0.1, -0.05) is 42.5 Å². The van der Waals surface area contributed by atoms with Gasteiger partial charge in [-0.05, 0) is 18.9 Å². The van der Waals surface area contributed by atoms with Gasteiger partial charge >= 0.3 is 5.97 Å². The van der Waals surface area contributed by atoms with Gasteiger partial charge in [-0.3, -0.25) is 4.79 Å². The van der Waals surface area contributed by atoms with Crippen LogP contribution in [-0.2, 0) is 16.0 Å². The molecule has 0 radical (unpaired) electrons. The number of carboxylic acids is 1. The standard InChI is InChI=1S/C14H17NO4S/c1-9(16)7-12(20)15-11(13(17)14(18)19)8-10-5-3-2-4-6-10/h2-6,11,13,17H,7-8H2,1H3,(H,15,20)(H,18,19)/t11-,13-/m0/s1. The van der Waals surface area contributed by atoms with Crippen molar-refractivity contribution in [3.8, 4) is 0 Å². The van der Waals surface area contributed by atoms with Crippen LogP contribution in [0.5, 0.6) is 0 Å². The number of hydrogen-bond acceptors (Lipinski definition) is 4. The number of carbonyl (C=O) groups excluding carboxylic acids is 1. The highest BCUT2D eigenvalue weighted by molar-refractivity contribution is 7.80. The Kier molecular flexibility index (Phi) is 6.27. The second-order valence-corrected chi connectivity index (χ2v) is 5.02. The molecule has 0 saturated heterocycles. The van der Waals surface area contributed by atoms with E-state index in [1.54, 1.807) is 0 Å². The van der Waals surface area contributed by atoms with Gasteiger partial charge in [-0.15, -0.1) is 0 Å². The maximum Gasteiger partial charge on any atom is 0.334 e. The summed E-state index contributed by atoms with van der Waals surface area (Å²) in [5.41, 5.74) is 0.871. The minimum absolute atomic E-state index is 0.0347. The maximum absolute atomic E-state index is 11.0. The number of ketones is 1. The van der Waals surface area contributed by atoms with Gasteiger partial charge in [-0.2, -0.15) is 0 Å². The van der Waals surface area contributed by atoms with Gasteiger partial charge < -0.3 is 15.5 Å². The third kappa shape index (κ3) is 5.46. The van der Waals surface area contributed by atoms with Gasteiger partial charge in [-0.25, -0.2) is 4.79 Å². The molecule has 0 aromatic heterocycles. The van der Waals surface area contributed by atoms with Crippen molar-refractivity contribution in [1.29, 1.82) is 0 Å². The monoisotopic (exact) mass is 295 g/mol. The third-order valence-corrected chi connectivity index (χ3v) is 2.95. The Morgan fingerprint density at radius 3 is 2.40 bits per heavy atom. The Hall–Kier alpha value is -1.79. The lowest BCUT2D eigenvalue weighted by Crippen LogP contribution is -2.48. The number of nitrogens with one attached hydrogen (secondary N) is 1. The molecule has 1 rings (SSSR count). The van der Waals surface area contributed by atoms with Crippen LogP contribution in [0.4, 0.5) is 0 Å². The Balaban J connectivity index is 2.77. The molecule has 20 heavy (non-hydrogen) atoms. The molecule has 0 aliphatic heterocycles. The molecule has 6 heteroatoms. The van der Waals surface area contributed by atoms with Crippen LogP contribution in [0.25, 0.3) is 0 Å². The first-order chi connectivity index (χ1) is 9.40. The van der Waals surface area contributed by atoms with Crippen molar-refractivity contribution < 1.29 is 19.8 Å². The van der Waals surface area contributed by atoms with Crippen LogP contribution >= 0.6 is 12.2 Å². The summed E-state index contributed by atoms with van der Waals surface area (Å²) in [5.74, 6) is -1.45. The molecule has 0 bridgehead atoms. The van der Waals surface area contributed by atoms with E-state index in [0.29, 0.717) is 6.42 Å². The van der Waals surface area contributed by atoms with Crippen molar-refractivity contribution in [3.05, 3.63) is 35.9 Å². The fourth-order valence-electron chi connectivity index (χ4n) is 1.77. The summed E-state index contributed by atoms with van der Waals surface area (Å²) < 4.78 is 0. The third-order valence-electron chi connectivity index (χ3n) is 2.69. The predicted molar refractivity (Wildman–Crippen MR) is 78.6 cm³/mol. The highest BCUT2D eigenvalue weighted by atomic mass is 32.1. The number of carbonyl (C=O) groups is 2. The van der Waals surface area contributed by atoms with Gasteiger partial charge in [0.25, 0.3) is 0 Å². The summed E-state index contributed by atoms with van der Waals surface area (Å²) in [5, 5.41) is 21.4. The highest BCUT2D eigenvalue weighted by Crippen LogP contribution is 2.07. The molecule has 3 N–H and O–H groups in total. The van der Waals surface area contributed by atoms with Crippen molar-refractivity contribution in [2.75, 3.05) is 0 Å². The minimum Gasteiger partial charge on any atom is -0.479 e. The van der Waals surface area contributed by atoms with Crippen molar-refractivity contribution >= 4 is 29.0 Å². The molecular weight excluding hydrogens is 278 g/mol. The van der Waals surface area contributed by atoms with E-state index in [2.05, 4.69) is 5.32 Å². The molecule has 2 atom stereocenters. The van der Waals surface area contributed by atoms with E-state index in [1.807, 2.05) is 30.3 Å². The van der Waals surface area contributed by atoms with E-state index in [-0.39, 0.29) is 17.2 Å². The molecule has 0 saturated carbocycles. The molecule has 1 aromatic carbocycles. The van der Waals surface area contributed by atoms with Crippen molar-refractivity contribution in [2.45, 2.75) is 31.9 Å². The Morgan fingerprint density at radius 2 is 1.90 bits per heavy atom. The molecule has 0 spiro atoms. The number of benzene rings is 1. The van der Waals surface area contributed by atoms with E-state index in [1.165, 1.54) is 6.92 Å². The number of carboxylic acid groups (broad SMARTS) is 1. The van der Waals surface area contributed by atoms with Crippen LogP contribution in [0.1, 0.15) is 18.9 Å². The number of aliphatic hydroxyl groups excluding tert-OH is 1. The van der Waals surface area contributed by atoms with Crippen molar-refractivity contribution in [3.63, 3.8) is 0 Å². The molecule has 0 aliphatic carbocycles. The molecule has 0 heterocycles. The SMILES string of the molecule is CC(=O)CC(=S)N[C@@H](Cc1ccccc1)[C@H](O)C(=O)O. The van der Waals surface area contributed by atoms with E-state index < -0.39 is 18.1 Å². The van der Waals surface area contributed by atoms with Crippen LogP contribution in [0.15, 0.2) is 30.3 Å². The van der Waals surface area contributed by atoms with Crippen LogP contribution in [0, 0.1) is 0 Å². The lowest BCUT2D eigenvalue weighted by molar-refractivity contribution is -0.147. The fourth-order valence-corrected chi connectivity index (χ4v) is 2.12. The summed E-state index contributed by atoms with van der Waals surface area (Å²) in [7, 11) is 0. The molecule has 0 unspecified atom stereocenters. The zero-order valence-corrected chi connectivity index (χ0v) is 11.9. The summed E-state index contributed by atoms with van der Waals surface area (Å²) in [4.78, 5) is 22.2. The van der Waals surface area contributed by atoms with Gasteiger partial charge in [0.05, 0.1) is 17.5 Å². The minimum atomic E-state index is -1.60. The van der Waals surface area contributed by atoms with E-state index in [0.717, 1.165) is 5.56 Å². The molecule has 5 nitrogen and oxygen atoms in total. The average Bonchev–Trinajstić information content (AvgIpc) is 2.37. The van der Waals surface area contributed by atoms with E-state index in [9.17, 15) is 14.7 Å². The van der Waals surface area contributed by atoms with Gasteiger partial charge in [0.2, 0.25) is 0 Å². The van der Waals surface area contributed by atoms with Crippen molar-refractivity contribution in [2.24, 2.45) is 0 Å². The maximum atomic E-state index is 11.0. The Labute approximate surface area is 122 Å². The highest BCUT2D eigenvalue weighted by Gasteiger charge is 2.26. The number of thiocarbonyl (C=S) groups is 1. The van der Waals surface area contributed by atoms with Crippen LogP contribution < -0.4 is 5.32 Å². The summed E-state index contributed by atoms with van der Waals surface area (Å²) in [6.45, 7) is 1.40. The number of aliphatic carboxylic acids is 1. The van der Waals surface area contributed by atoms with Crippen molar-refractivity contribution in [1.82, 2.24) is 5.32 Å². The zero-order chi connectivity index (χ0) is 15.1. The zero-order valence-electron chi connectivity index (χ0n) is 11.1. The summed E-state index contributed by atoms with van der Waals surface area (Å²) >= 11 is 4.99. The normalized spacial score (nSPS) is 13.3. The van der Waals surface area contributed by atoms with Crippen LogP contribution in [0.3, 0.4) is 0 Å². The first-order valence-corrected chi connectivity index (χ1v) is 6.54. The fraction of sp³-hybridized carbons (Fsp3) is 0.357. The smallest absolute Gasteiger partial charge is 0.334 e. The second kappa shape index (κ2) is 7.72. The number of aliphatic hydroxyl groups is 1. The first-order valence-electron chi connectivity index (χ1n) is 6.13. The van der Waals surface area contributed by atoms with Crippen LogP contribution in [0.2, 0.25) is 0 Å². The van der Waals surface area contributed by atoms with Crippen LogP contribution in [-0.4, -0.2) is 39.1 Å². The summed E-state index contributed by atoms with van der Waals surface area (Å²) in [6.07, 6.45) is -1.26. The second-order valence-electron chi connectivity index (χ2n) is 4.53. The lowest BCUT2D eigenvalue weighted by atomic mass is 10.0. The molecule has 1 aromatic rings. The first kappa shape index (κ1) is 16.3. The van der Waals surface area contributed by atoms with Gasteiger partial charge in [0.15, 0.2) is 6.10 Å². The van der Waals surface area contributed by atoms with Gasteiger partial charge in [0.1, 0.15) is 5.78 Å². The van der Waals surface area contributed by atoms with E-state index in [4.69, 9.17) is 17.3 Å². The Bertz CT molecular complexity index is 489. The number of Topliss-reactive ketones (excluding diaryl/α,β-unsaturated/α-hetero) is 1. The topological polar surface area (TPSA) is 86.6 Å². The largest absolute Gasteiger partial charge is 0.479 e. The predicted octanol–water partition coefficient (Wildman–Crippen LogP) is 0.939. The molecule has 108 valence electrons. The quantitative estimate of drug-likeness (QED) is 0.649. The summed E-state index contributed by atoms with van der Waals surface area (Å²) in [6, 6.07) is 8.39. The number of rotatable bonds is 7. The average molecular weight is 295 g/mol. The number of hydrogen-bond donors (Lipinski definition) is 3. The van der Waals surface area contributed by atoms with E-state index >= 15 is 0 Å². The Morgan fingerprint density at radius 1 is 1.30 bits per heavy atom. The molecule has 0 aliphatic rings. The molecule has 0 fully saturated rings. The lowest BCUT2D eigenvalue weighted by Gasteiger charge is -2.22. The molecular formula is C14H17NO4S. The van der Waals surface area contributed by atoms with Gasteiger partial charge in [0, 0.05) is 0 Å².